The van der Waals surface area contributed by atoms with Gasteiger partial charge in [-0.25, -0.2) is 4.98 Å². The van der Waals surface area contributed by atoms with Crippen LogP contribution in [0.2, 0.25) is 0 Å². The van der Waals surface area contributed by atoms with E-state index in [2.05, 4.69) is 27.8 Å². The van der Waals surface area contributed by atoms with Crippen LogP contribution in [0.1, 0.15) is 44.9 Å². The third kappa shape index (κ3) is 3.91. The van der Waals surface area contributed by atoms with Crippen molar-refractivity contribution in [1.29, 1.82) is 0 Å². The van der Waals surface area contributed by atoms with Gasteiger partial charge < -0.3 is 10.6 Å². The fraction of sp³-hybridized carbons (Fsp3) is 0.643. The number of hydrogen-bond donors (Lipinski definition) is 2. The first kappa shape index (κ1) is 12.2. The minimum atomic E-state index is 0.641. The molecule has 0 bridgehead atoms. The third-order valence-electron chi connectivity index (χ3n) is 3.49. The molecule has 1 fully saturated rings. The Morgan fingerprint density at radius 2 is 1.82 bits per heavy atom. The Balaban J connectivity index is 1.93. The first-order chi connectivity index (χ1) is 8.38. The van der Waals surface area contributed by atoms with Gasteiger partial charge in [-0.05, 0) is 18.9 Å². The molecular weight excluding hydrogens is 210 g/mol. The van der Waals surface area contributed by atoms with Gasteiger partial charge in [-0.2, -0.15) is 0 Å². The number of pyridine rings is 1. The second-order valence-electron chi connectivity index (χ2n) is 4.87. The van der Waals surface area contributed by atoms with Gasteiger partial charge in [0.2, 0.25) is 0 Å². The van der Waals surface area contributed by atoms with Gasteiger partial charge in [0.1, 0.15) is 5.82 Å². The summed E-state index contributed by atoms with van der Waals surface area (Å²) in [5, 5.41) is 6.72. The molecule has 0 aliphatic heterocycles. The molecule has 0 saturated heterocycles. The van der Waals surface area contributed by atoms with Crippen molar-refractivity contribution in [3.8, 4) is 0 Å². The van der Waals surface area contributed by atoms with Crippen molar-refractivity contribution in [2.75, 3.05) is 17.7 Å². The first-order valence-electron chi connectivity index (χ1n) is 6.79. The predicted molar refractivity (Wildman–Crippen MR) is 73.5 cm³/mol. The Bertz CT molecular complexity index is 330. The molecule has 1 aromatic heterocycles. The summed E-state index contributed by atoms with van der Waals surface area (Å²) in [6.45, 7) is 0. The minimum absolute atomic E-state index is 0.641. The van der Waals surface area contributed by atoms with Crippen LogP contribution >= 0.6 is 0 Å². The molecule has 0 unspecified atom stereocenters. The molecule has 0 aromatic carbocycles. The number of hydrogen-bond acceptors (Lipinski definition) is 3. The lowest BCUT2D eigenvalue weighted by Crippen LogP contribution is -2.20. The van der Waals surface area contributed by atoms with E-state index in [0.29, 0.717) is 6.04 Å². The van der Waals surface area contributed by atoms with E-state index in [-0.39, 0.29) is 0 Å². The molecule has 2 rings (SSSR count). The van der Waals surface area contributed by atoms with E-state index in [4.69, 9.17) is 0 Å². The highest BCUT2D eigenvalue weighted by Crippen LogP contribution is 2.21. The van der Waals surface area contributed by atoms with Gasteiger partial charge >= 0.3 is 0 Å². The number of rotatable bonds is 3. The van der Waals surface area contributed by atoms with Gasteiger partial charge in [0, 0.05) is 31.0 Å². The highest BCUT2D eigenvalue weighted by molar-refractivity contribution is 5.52. The molecular formula is C14H23N3. The van der Waals surface area contributed by atoms with Crippen LogP contribution in [0, 0.1) is 0 Å². The maximum absolute atomic E-state index is 4.23. The molecule has 0 spiro atoms. The molecule has 3 nitrogen and oxygen atoms in total. The zero-order valence-corrected chi connectivity index (χ0v) is 10.7. The molecule has 1 aliphatic carbocycles. The molecule has 1 saturated carbocycles. The summed E-state index contributed by atoms with van der Waals surface area (Å²) in [6, 6.07) is 4.78. The zero-order valence-electron chi connectivity index (χ0n) is 10.7. The predicted octanol–water partition coefficient (Wildman–Crippen LogP) is 3.65. The van der Waals surface area contributed by atoms with Crippen LogP contribution in [0.15, 0.2) is 18.3 Å². The van der Waals surface area contributed by atoms with Crippen LogP contribution in [0.4, 0.5) is 11.5 Å². The minimum Gasteiger partial charge on any atom is -0.382 e. The van der Waals surface area contributed by atoms with Crippen molar-refractivity contribution in [2.24, 2.45) is 0 Å². The monoisotopic (exact) mass is 233 g/mol. The van der Waals surface area contributed by atoms with Crippen LogP contribution in [-0.2, 0) is 0 Å². The SMILES string of the molecule is CNc1cc(NC2CCCCCCC2)ccn1. The summed E-state index contributed by atoms with van der Waals surface area (Å²) in [6.07, 6.45) is 11.4. The van der Waals surface area contributed by atoms with Gasteiger partial charge in [0.15, 0.2) is 0 Å². The van der Waals surface area contributed by atoms with Crippen LogP contribution in [-0.4, -0.2) is 18.1 Å². The van der Waals surface area contributed by atoms with Crippen molar-refractivity contribution in [3.05, 3.63) is 18.3 Å². The molecule has 2 N–H and O–H groups in total. The number of anilines is 2. The van der Waals surface area contributed by atoms with Crippen LogP contribution in [0.25, 0.3) is 0 Å². The lowest BCUT2D eigenvalue weighted by atomic mass is 9.96. The summed E-state index contributed by atoms with van der Waals surface area (Å²) >= 11 is 0. The normalized spacial score (nSPS) is 18.2. The molecule has 1 aliphatic rings. The Morgan fingerprint density at radius 1 is 1.12 bits per heavy atom. The second kappa shape index (κ2) is 6.48. The zero-order chi connectivity index (χ0) is 11.9. The summed E-state index contributed by atoms with van der Waals surface area (Å²) in [5.74, 6) is 0.931. The van der Waals surface area contributed by atoms with Crippen molar-refractivity contribution < 1.29 is 0 Å². The second-order valence-corrected chi connectivity index (χ2v) is 4.87. The highest BCUT2D eigenvalue weighted by atomic mass is 15.0. The summed E-state index contributed by atoms with van der Waals surface area (Å²) < 4.78 is 0. The van der Waals surface area contributed by atoms with E-state index in [1.54, 1.807) is 0 Å². The molecule has 1 aromatic rings. The molecule has 17 heavy (non-hydrogen) atoms. The topological polar surface area (TPSA) is 37.0 Å². The lowest BCUT2D eigenvalue weighted by Gasteiger charge is -2.22. The molecule has 0 amide bonds. The third-order valence-corrected chi connectivity index (χ3v) is 3.49. The van der Waals surface area contributed by atoms with E-state index >= 15 is 0 Å². The van der Waals surface area contributed by atoms with Gasteiger partial charge in [0.05, 0.1) is 0 Å². The summed E-state index contributed by atoms with van der Waals surface area (Å²) in [5.41, 5.74) is 1.19. The van der Waals surface area contributed by atoms with E-state index in [0.717, 1.165) is 5.82 Å². The first-order valence-corrected chi connectivity index (χ1v) is 6.79. The maximum atomic E-state index is 4.23. The Morgan fingerprint density at radius 3 is 2.53 bits per heavy atom. The lowest BCUT2D eigenvalue weighted by molar-refractivity contribution is 0.471. The van der Waals surface area contributed by atoms with Gasteiger partial charge in [-0.3, -0.25) is 0 Å². The van der Waals surface area contributed by atoms with Crippen LogP contribution in [0.3, 0.4) is 0 Å². The van der Waals surface area contributed by atoms with E-state index < -0.39 is 0 Å². The number of nitrogens with zero attached hydrogens (tertiary/aromatic N) is 1. The van der Waals surface area contributed by atoms with Crippen molar-refractivity contribution in [2.45, 2.75) is 51.0 Å². The molecule has 1 heterocycles. The fourth-order valence-electron chi connectivity index (χ4n) is 2.49. The van der Waals surface area contributed by atoms with Crippen molar-refractivity contribution >= 4 is 11.5 Å². The number of aromatic nitrogens is 1. The van der Waals surface area contributed by atoms with Crippen molar-refractivity contribution in [3.63, 3.8) is 0 Å². The van der Waals surface area contributed by atoms with E-state index in [1.807, 2.05) is 13.2 Å². The van der Waals surface area contributed by atoms with Gasteiger partial charge in [-0.15, -0.1) is 0 Å². The average Bonchev–Trinajstić information content (AvgIpc) is 2.33. The largest absolute Gasteiger partial charge is 0.382 e. The molecule has 3 heteroatoms. The Labute approximate surface area is 104 Å². The molecule has 94 valence electrons. The number of nitrogens with one attached hydrogen (secondary N) is 2. The van der Waals surface area contributed by atoms with E-state index in [1.165, 1.54) is 50.6 Å². The maximum Gasteiger partial charge on any atom is 0.127 e. The summed E-state index contributed by atoms with van der Waals surface area (Å²) in [4.78, 5) is 4.23. The quantitative estimate of drug-likeness (QED) is 0.836. The van der Waals surface area contributed by atoms with Crippen LogP contribution < -0.4 is 10.6 Å². The molecule has 0 radical (unpaired) electrons. The van der Waals surface area contributed by atoms with Crippen LogP contribution in [0.5, 0.6) is 0 Å². The summed E-state index contributed by atoms with van der Waals surface area (Å²) in [7, 11) is 1.90. The molecule has 0 atom stereocenters. The van der Waals surface area contributed by atoms with Gasteiger partial charge in [0.25, 0.3) is 0 Å². The van der Waals surface area contributed by atoms with Crippen molar-refractivity contribution in [1.82, 2.24) is 4.98 Å². The smallest absolute Gasteiger partial charge is 0.127 e. The van der Waals surface area contributed by atoms with E-state index in [9.17, 15) is 0 Å². The van der Waals surface area contributed by atoms with Gasteiger partial charge in [-0.1, -0.05) is 32.1 Å². The fourth-order valence-corrected chi connectivity index (χ4v) is 2.49. The standard InChI is InChI=1S/C14H23N3/c1-15-14-11-13(9-10-16-14)17-12-7-5-3-2-4-6-8-12/h9-12H,2-8H2,1H3,(H2,15,16,17). The Kier molecular flexibility index (Phi) is 4.65. The highest BCUT2D eigenvalue weighted by Gasteiger charge is 2.11. The Hall–Kier alpha value is -1.25. The average molecular weight is 233 g/mol.